The van der Waals surface area contributed by atoms with Crippen molar-refractivity contribution in [3.8, 4) is 0 Å². The Labute approximate surface area is 72.2 Å². The number of benzene rings is 1. The second kappa shape index (κ2) is 2.86. The first-order valence-corrected chi connectivity index (χ1v) is 4.48. The minimum atomic E-state index is 0.454. The average Bonchev–Trinajstić information content (AvgIpc) is 2.69. The van der Waals surface area contributed by atoms with E-state index in [9.17, 15) is 0 Å². The molecule has 1 aromatic rings. The Hall–Kier alpha value is -0.490. The largest absolute Gasteiger partial charge is 0.123 e. The van der Waals surface area contributed by atoms with Crippen molar-refractivity contribution in [2.24, 2.45) is 5.92 Å². The fourth-order valence-corrected chi connectivity index (χ4v) is 1.66. The minimum Gasteiger partial charge on any atom is -0.123 e. The highest BCUT2D eigenvalue weighted by Crippen LogP contribution is 2.38. The van der Waals surface area contributed by atoms with Crippen LogP contribution in [0.1, 0.15) is 12.0 Å². The van der Waals surface area contributed by atoms with Crippen LogP contribution in [0, 0.1) is 5.92 Å². The smallest absolute Gasteiger partial charge is 0.0371 e. The summed E-state index contributed by atoms with van der Waals surface area (Å²) < 4.78 is 0. The summed E-state index contributed by atoms with van der Waals surface area (Å²) in [7, 11) is 0. The van der Waals surface area contributed by atoms with Crippen molar-refractivity contribution in [2.75, 3.05) is 0 Å². The molecule has 0 nitrogen and oxygen atoms in total. The van der Waals surface area contributed by atoms with Crippen molar-refractivity contribution in [1.82, 2.24) is 0 Å². The molecule has 2 rings (SSSR count). The Morgan fingerprint density at radius 3 is 2.45 bits per heavy atom. The van der Waals surface area contributed by atoms with Gasteiger partial charge in [0.2, 0.25) is 0 Å². The molecular weight excluding hydrogens is 156 g/mol. The van der Waals surface area contributed by atoms with Gasteiger partial charge in [-0.15, -0.1) is 11.6 Å². The van der Waals surface area contributed by atoms with Gasteiger partial charge in [0, 0.05) is 5.38 Å². The first-order valence-electron chi connectivity index (χ1n) is 4.04. The molecule has 1 heteroatoms. The number of halogens is 1. The van der Waals surface area contributed by atoms with Crippen LogP contribution in [0.3, 0.4) is 0 Å². The molecule has 0 aliphatic heterocycles. The zero-order valence-corrected chi connectivity index (χ0v) is 7.09. The highest BCUT2D eigenvalue weighted by molar-refractivity contribution is 6.22. The Morgan fingerprint density at radius 1 is 1.27 bits per heavy atom. The third-order valence-electron chi connectivity index (χ3n) is 2.18. The maximum atomic E-state index is 5.90. The van der Waals surface area contributed by atoms with Gasteiger partial charge in [-0.05, 0) is 24.3 Å². The van der Waals surface area contributed by atoms with Gasteiger partial charge in [0.15, 0.2) is 0 Å². The van der Waals surface area contributed by atoms with Crippen molar-refractivity contribution < 1.29 is 0 Å². The van der Waals surface area contributed by atoms with E-state index in [0.717, 1.165) is 12.3 Å². The summed E-state index contributed by atoms with van der Waals surface area (Å²) in [5, 5.41) is 0.454. The molecule has 0 saturated heterocycles. The lowest BCUT2D eigenvalue weighted by molar-refractivity contribution is 0.834. The molecule has 1 fully saturated rings. The summed E-state index contributed by atoms with van der Waals surface area (Å²) >= 11 is 5.90. The summed E-state index contributed by atoms with van der Waals surface area (Å²) in [6.45, 7) is 0. The van der Waals surface area contributed by atoms with Crippen molar-refractivity contribution in [2.45, 2.75) is 18.2 Å². The zero-order chi connectivity index (χ0) is 7.68. The number of rotatable bonds is 2. The fraction of sp³-hybridized carbons (Fsp3) is 0.400. The molecule has 1 aliphatic carbocycles. The van der Waals surface area contributed by atoms with Gasteiger partial charge in [-0.1, -0.05) is 30.3 Å². The molecule has 0 heterocycles. The van der Waals surface area contributed by atoms with Gasteiger partial charge in [-0.25, -0.2) is 0 Å². The summed E-state index contributed by atoms with van der Waals surface area (Å²) in [6, 6.07) is 10.6. The van der Waals surface area contributed by atoms with E-state index in [1.54, 1.807) is 0 Å². The molecule has 58 valence electrons. The maximum Gasteiger partial charge on any atom is 0.0371 e. The molecule has 2 atom stereocenters. The molecule has 0 bridgehead atoms. The summed E-state index contributed by atoms with van der Waals surface area (Å²) in [4.78, 5) is 0. The third kappa shape index (κ3) is 1.75. The van der Waals surface area contributed by atoms with Crippen LogP contribution in [0.15, 0.2) is 30.3 Å². The summed E-state index contributed by atoms with van der Waals surface area (Å²) in [6.07, 6.45) is 2.37. The molecule has 1 aromatic carbocycles. The van der Waals surface area contributed by atoms with Crippen LogP contribution in [0.5, 0.6) is 0 Å². The van der Waals surface area contributed by atoms with E-state index in [1.165, 1.54) is 12.0 Å². The predicted molar refractivity (Wildman–Crippen MR) is 47.9 cm³/mol. The normalized spacial score (nSPS) is 28.5. The Bertz CT molecular complexity index is 230. The average molecular weight is 167 g/mol. The van der Waals surface area contributed by atoms with Crippen LogP contribution in [0.2, 0.25) is 0 Å². The predicted octanol–water partition coefficient (Wildman–Crippen LogP) is 2.86. The van der Waals surface area contributed by atoms with Gasteiger partial charge in [0.05, 0.1) is 0 Å². The maximum absolute atomic E-state index is 5.90. The molecular formula is C10H11Cl. The number of alkyl halides is 1. The van der Waals surface area contributed by atoms with Crippen LogP contribution in [-0.4, -0.2) is 5.38 Å². The van der Waals surface area contributed by atoms with Gasteiger partial charge in [-0.3, -0.25) is 0 Å². The van der Waals surface area contributed by atoms with Crippen LogP contribution < -0.4 is 0 Å². The number of hydrogen-bond acceptors (Lipinski definition) is 0. The molecule has 0 unspecified atom stereocenters. The van der Waals surface area contributed by atoms with Crippen LogP contribution in [0.4, 0.5) is 0 Å². The Morgan fingerprint density at radius 2 is 1.91 bits per heavy atom. The SMILES string of the molecule is Cl[C@H]1C[C@H]1Cc1ccccc1. The molecule has 0 amide bonds. The molecule has 0 aromatic heterocycles. The lowest BCUT2D eigenvalue weighted by atomic mass is 10.1. The topological polar surface area (TPSA) is 0 Å². The molecule has 0 spiro atoms. The van der Waals surface area contributed by atoms with Crippen molar-refractivity contribution >= 4 is 11.6 Å². The highest BCUT2D eigenvalue weighted by atomic mass is 35.5. The fourth-order valence-electron chi connectivity index (χ4n) is 1.34. The van der Waals surface area contributed by atoms with Crippen molar-refractivity contribution in [3.63, 3.8) is 0 Å². The van der Waals surface area contributed by atoms with Gasteiger partial charge < -0.3 is 0 Å². The van der Waals surface area contributed by atoms with Gasteiger partial charge >= 0.3 is 0 Å². The zero-order valence-electron chi connectivity index (χ0n) is 6.33. The summed E-state index contributed by atoms with van der Waals surface area (Å²) in [5.74, 6) is 0.749. The minimum absolute atomic E-state index is 0.454. The van der Waals surface area contributed by atoms with Crippen molar-refractivity contribution in [3.05, 3.63) is 35.9 Å². The Kier molecular flexibility index (Phi) is 1.87. The molecule has 1 saturated carbocycles. The standard InChI is InChI=1S/C10H11Cl/c11-10-7-9(10)6-8-4-2-1-3-5-8/h1-5,9-10H,6-7H2/t9-,10+/m1/s1. The van der Waals surface area contributed by atoms with E-state index >= 15 is 0 Å². The molecule has 1 aliphatic rings. The second-order valence-corrected chi connectivity index (χ2v) is 3.76. The van der Waals surface area contributed by atoms with E-state index in [1.807, 2.05) is 0 Å². The van der Waals surface area contributed by atoms with Crippen LogP contribution in [0.25, 0.3) is 0 Å². The van der Waals surface area contributed by atoms with Crippen molar-refractivity contribution in [1.29, 1.82) is 0 Å². The second-order valence-electron chi connectivity index (χ2n) is 3.20. The van der Waals surface area contributed by atoms with E-state index in [2.05, 4.69) is 30.3 Å². The van der Waals surface area contributed by atoms with Crippen LogP contribution in [-0.2, 0) is 6.42 Å². The van der Waals surface area contributed by atoms with Gasteiger partial charge in [-0.2, -0.15) is 0 Å². The Balaban J connectivity index is 1.97. The summed E-state index contributed by atoms with van der Waals surface area (Å²) in [5.41, 5.74) is 1.42. The number of hydrogen-bond donors (Lipinski definition) is 0. The third-order valence-corrected chi connectivity index (χ3v) is 2.71. The monoisotopic (exact) mass is 166 g/mol. The molecule has 11 heavy (non-hydrogen) atoms. The molecule has 0 N–H and O–H groups in total. The first-order chi connectivity index (χ1) is 5.36. The van der Waals surface area contributed by atoms with E-state index in [4.69, 9.17) is 11.6 Å². The lowest BCUT2D eigenvalue weighted by Gasteiger charge is -1.96. The van der Waals surface area contributed by atoms with E-state index in [0.29, 0.717) is 5.38 Å². The first kappa shape index (κ1) is 7.17. The van der Waals surface area contributed by atoms with Crippen LogP contribution >= 0.6 is 11.6 Å². The van der Waals surface area contributed by atoms with E-state index < -0.39 is 0 Å². The van der Waals surface area contributed by atoms with E-state index in [-0.39, 0.29) is 0 Å². The molecule has 0 radical (unpaired) electrons. The lowest BCUT2D eigenvalue weighted by Crippen LogP contribution is -1.87. The highest BCUT2D eigenvalue weighted by Gasteiger charge is 2.34. The van der Waals surface area contributed by atoms with Gasteiger partial charge in [0.1, 0.15) is 0 Å². The van der Waals surface area contributed by atoms with Gasteiger partial charge in [0.25, 0.3) is 0 Å². The quantitative estimate of drug-likeness (QED) is 0.593.